The normalized spacial score (nSPS) is 22.8. The SMILES string of the molecule is CC(C)C(=O)C[C@@H]1CNC1=O. The zero-order valence-electron chi connectivity index (χ0n) is 6.89. The van der Waals surface area contributed by atoms with Crippen molar-refractivity contribution < 1.29 is 9.59 Å². The van der Waals surface area contributed by atoms with E-state index in [1.165, 1.54) is 0 Å². The first-order valence-electron chi connectivity index (χ1n) is 3.91. The highest BCUT2D eigenvalue weighted by Crippen LogP contribution is 2.13. The monoisotopic (exact) mass is 155 g/mol. The molecule has 1 aliphatic rings. The maximum atomic E-state index is 11.1. The fraction of sp³-hybridized carbons (Fsp3) is 0.750. The van der Waals surface area contributed by atoms with Gasteiger partial charge in [0.2, 0.25) is 5.91 Å². The topological polar surface area (TPSA) is 46.2 Å². The molecule has 1 heterocycles. The van der Waals surface area contributed by atoms with Crippen LogP contribution in [-0.4, -0.2) is 18.2 Å². The molecule has 1 rings (SSSR count). The van der Waals surface area contributed by atoms with E-state index in [4.69, 9.17) is 0 Å². The Hall–Kier alpha value is -0.860. The van der Waals surface area contributed by atoms with Crippen LogP contribution in [0, 0.1) is 11.8 Å². The molecule has 0 spiro atoms. The Kier molecular flexibility index (Phi) is 2.27. The van der Waals surface area contributed by atoms with E-state index < -0.39 is 0 Å². The van der Waals surface area contributed by atoms with Crippen molar-refractivity contribution in [1.82, 2.24) is 5.32 Å². The summed E-state index contributed by atoms with van der Waals surface area (Å²) in [6.07, 6.45) is 0.420. The van der Waals surface area contributed by atoms with Gasteiger partial charge in [0, 0.05) is 18.9 Å². The Morgan fingerprint density at radius 3 is 2.64 bits per heavy atom. The van der Waals surface area contributed by atoms with Gasteiger partial charge in [0.15, 0.2) is 0 Å². The Morgan fingerprint density at radius 2 is 2.36 bits per heavy atom. The lowest BCUT2D eigenvalue weighted by atomic mass is 9.92. The van der Waals surface area contributed by atoms with E-state index >= 15 is 0 Å². The van der Waals surface area contributed by atoms with Crippen LogP contribution in [0.1, 0.15) is 20.3 Å². The Balaban J connectivity index is 2.31. The maximum absolute atomic E-state index is 11.1. The van der Waals surface area contributed by atoms with E-state index in [0.29, 0.717) is 13.0 Å². The standard InChI is InChI=1S/C8H13NO2/c1-5(2)7(10)3-6-4-9-8(6)11/h5-6H,3-4H2,1-2H3,(H,9,11)/t6-/m1/s1. The van der Waals surface area contributed by atoms with Gasteiger partial charge in [-0.3, -0.25) is 9.59 Å². The molecular weight excluding hydrogens is 142 g/mol. The molecule has 1 N–H and O–H groups in total. The Labute approximate surface area is 66.2 Å². The Bertz CT molecular complexity index is 187. The number of β-lactam (4-membered cyclic amide) rings is 1. The Morgan fingerprint density at radius 1 is 1.73 bits per heavy atom. The molecule has 0 unspecified atom stereocenters. The number of Topliss-reactive ketones (excluding diaryl/α,β-unsaturated/α-hetero) is 1. The molecule has 0 aromatic rings. The van der Waals surface area contributed by atoms with E-state index in [-0.39, 0.29) is 23.5 Å². The van der Waals surface area contributed by atoms with Crippen molar-refractivity contribution in [3.8, 4) is 0 Å². The van der Waals surface area contributed by atoms with Gasteiger partial charge in [0.25, 0.3) is 0 Å². The number of nitrogens with one attached hydrogen (secondary N) is 1. The molecule has 0 aromatic carbocycles. The largest absolute Gasteiger partial charge is 0.355 e. The maximum Gasteiger partial charge on any atom is 0.225 e. The fourth-order valence-electron chi connectivity index (χ4n) is 0.973. The highest BCUT2D eigenvalue weighted by molar-refractivity contribution is 5.91. The summed E-state index contributed by atoms with van der Waals surface area (Å²) in [6, 6.07) is 0. The van der Waals surface area contributed by atoms with Crippen LogP contribution in [0.2, 0.25) is 0 Å². The summed E-state index contributed by atoms with van der Waals surface area (Å²) in [4.78, 5) is 21.8. The zero-order chi connectivity index (χ0) is 8.43. The minimum atomic E-state index is -0.0371. The summed E-state index contributed by atoms with van der Waals surface area (Å²) in [7, 11) is 0. The number of ketones is 1. The molecule has 1 atom stereocenters. The third-order valence-corrected chi connectivity index (χ3v) is 1.99. The predicted octanol–water partition coefficient (Wildman–Crippen LogP) is 0.348. The van der Waals surface area contributed by atoms with Gasteiger partial charge in [-0.15, -0.1) is 0 Å². The summed E-state index contributed by atoms with van der Waals surface area (Å²) < 4.78 is 0. The average Bonchev–Trinajstić information content (AvgIpc) is 1.96. The zero-order valence-corrected chi connectivity index (χ0v) is 6.89. The van der Waals surface area contributed by atoms with E-state index in [1.54, 1.807) is 0 Å². The first-order chi connectivity index (χ1) is 5.11. The second kappa shape index (κ2) is 3.03. The second-order valence-corrected chi connectivity index (χ2v) is 3.27. The van der Waals surface area contributed by atoms with Gasteiger partial charge >= 0.3 is 0 Å². The van der Waals surface area contributed by atoms with Gasteiger partial charge in [-0.1, -0.05) is 13.8 Å². The molecule has 0 aromatic heterocycles. The molecule has 0 aliphatic carbocycles. The van der Waals surface area contributed by atoms with Crippen molar-refractivity contribution >= 4 is 11.7 Å². The van der Waals surface area contributed by atoms with Crippen LogP contribution < -0.4 is 5.32 Å². The van der Waals surface area contributed by atoms with Crippen molar-refractivity contribution in [1.29, 1.82) is 0 Å². The summed E-state index contributed by atoms with van der Waals surface area (Å²) in [6.45, 7) is 4.40. The van der Waals surface area contributed by atoms with Crippen LogP contribution in [0.15, 0.2) is 0 Å². The van der Waals surface area contributed by atoms with Gasteiger partial charge in [0.1, 0.15) is 5.78 Å². The van der Waals surface area contributed by atoms with Crippen LogP contribution in [0.3, 0.4) is 0 Å². The number of carbonyl (C=O) groups is 2. The fourth-order valence-corrected chi connectivity index (χ4v) is 0.973. The van der Waals surface area contributed by atoms with Crippen LogP contribution in [0.5, 0.6) is 0 Å². The lowest BCUT2D eigenvalue weighted by Gasteiger charge is -2.25. The first-order valence-corrected chi connectivity index (χ1v) is 3.91. The van der Waals surface area contributed by atoms with Crippen molar-refractivity contribution in [2.24, 2.45) is 11.8 Å². The molecule has 1 amide bonds. The van der Waals surface area contributed by atoms with Gasteiger partial charge in [-0.2, -0.15) is 0 Å². The van der Waals surface area contributed by atoms with E-state index in [0.717, 1.165) is 0 Å². The van der Waals surface area contributed by atoms with Crippen molar-refractivity contribution in [3.63, 3.8) is 0 Å². The van der Waals surface area contributed by atoms with Crippen LogP contribution in [0.25, 0.3) is 0 Å². The third-order valence-electron chi connectivity index (χ3n) is 1.99. The van der Waals surface area contributed by atoms with Gasteiger partial charge in [-0.05, 0) is 0 Å². The van der Waals surface area contributed by atoms with Crippen molar-refractivity contribution in [2.75, 3.05) is 6.54 Å². The molecule has 62 valence electrons. The van der Waals surface area contributed by atoms with Gasteiger partial charge < -0.3 is 5.32 Å². The molecule has 11 heavy (non-hydrogen) atoms. The summed E-state index contributed by atoms with van der Waals surface area (Å²) >= 11 is 0. The van der Waals surface area contributed by atoms with E-state index in [9.17, 15) is 9.59 Å². The van der Waals surface area contributed by atoms with Gasteiger partial charge in [-0.25, -0.2) is 0 Å². The smallest absolute Gasteiger partial charge is 0.225 e. The first kappa shape index (κ1) is 8.24. The van der Waals surface area contributed by atoms with Gasteiger partial charge in [0.05, 0.1) is 5.92 Å². The number of hydrogen-bond donors (Lipinski definition) is 1. The number of rotatable bonds is 3. The summed E-state index contributed by atoms with van der Waals surface area (Å²) in [5, 5.41) is 2.61. The highest BCUT2D eigenvalue weighted by atomic mass is 16.2. The van der Waals surface area contributed by atoms with E-state index in [1.807, 2.05) is 13.8 Å². The van der Waals surface area contributed by atoms with Crippen molar-refractivity contribution in [3.05, 3.63) is 0 Å². The van der Waals surface area contributed by atoms with E-state index in [2.05, 4.69) is 5.32 Å². The van der Waals surface area contributed by atoms with Crippen LogP contribution in [0.4, 0.5) is 0 Å². The number of amides is 1. The van der Waals surface area contributed by atoms with Crippen LogP contribution >= 0.6 is 0 Å². The lowest BCUT2D eigenvalue weighted by Crippen LogP contribution is -2.49. The molecule has 3 heteroatoms. The summed E-state index contributed by atoms with van der Waals surface area (Å²) in [5.41, 5.74) is 0. The lowest BCUT2D eigenvalue weighted by molar-refractivity contribution is -0.135. The number of hydrogen-bond acceptors (Lipinski definition) is 2. The quantitative estimate of drug-likeness (QED) is 0.598. The molecular formula is C8H13NO2. The summed E-state index contributed by atoms with van der Waals surface area (Å²) in [5.74, 6) is 0.233. The molecule has 1 fully saturated rings. The number of carbonyl (C=O) groups excluding carboxylic acids is 2. The molecule has 0 radical (unpaired) electrons. The highest BCUT2D eigenvalue weighted by Gasteiger charge is 2.29. The average molecular weight is 155 g/mol. The van der Waals surface area contributed by atoms with Crippen LogP contribution in [-0.2, 0) is 9.59 Å². The predicted molar refractivity (Wildman–Crippen MR) is 41.0 cm³/mol. The molecule has 1 saturated heterocycles. The van der Waals surface area contributed by atoms with Crippen molar-refractivity contribution in [2.45, 2.75) is 20.3 Å². The molecule has 3 nitrogen and oxygen atoms in total. The molecule has 0 bridgehead atoms. The minimum Gasteiger partial charge on any atom is -0.355 e. The third kappa shape index (κ3) is 1.79. The second-order valence-electron chi connectivity index (χ2n) is 3.27. The molecule has 1 aliphatic heterocycles. The minimum absolute atomic E-state index is 0.0269. The molecule has 0 saturated carbocycles.